The molecule has 1 aromatic rings. The summed E-state index contributed by atoms with van der Waals surface area (Å²) >= 11 is 0. The summed E-state index contributed by atoms with van der Waals surface area (Å²) in [7, 11) is 4.34. The van der Waals surface area contributed by atoms with Gasteiger partial charge in [-0.2, -0.15) is 0 Å². The minimum atomic E-state index is -0.377. The molecular formula is C12H18N2O4. The van der Waals surface area contributed by atoms with Crippen molar-refractivity contribution in [1.82, 2.24) is 9.13 Å². The van der Waals surface area contributed by atoms with Gasteiger partial charge < -0.3 is 9.30 Å². The number of hydrogen-bond acceptors (Lipinski definition) is 4. The zero-order chi connectivity index (χ0) is 14.0. The van der Waals surface area contributed by atoms with Gasteiger partial charge in [-0.05, 0) is 12.8 Å². The summed E-state index contributed by atoms with van der Waals surface area (Å²) in [4.78, 5) is 35.0. The number of hydrogen-bond donors (Lipinski definition) is 0. The maximum Gasteiger partial charge on any atom is 0.330 e. The van der Waals surface area contributed by atoms with Crippen LogP contribution in [0.15, 0.2) is 9.59 Å². The van der Waals surface area contributed by atoms with Gasteiger partial charge in [0.25, 0.3) is 5.56 Å². The molecule has 1 heterocycles. The summed E-state index contributed by atoms with van der Waals surface area (Å²) in [6.07, 6.45) is 0.116. The van der Waals surface area contributed by atoms with Gasteiger partial charge in [0.1, 0.15) is 0 Å². The van der Waals surface area contributed by atoms with Crippen molar-refractivity contribution in [3.8, 4) is 0 Å². The van der Waals surface area contributed by atoms with E-state index in [2.05, 4.69) is 4.74 Å². The van der Waals surface area contributed by atoms with Crippen molar-refractivity contribution in [3.63, 3.8) is 0 Å². The molecule has 6 heteroatoms. The number of nitrogens with zero attached hydrogens (tertiary/aromatic N) is 2. The Morgan fingerprint density at radius 2 is 1.83 bits per heavy atom. The summed E-state index contributed by atoms with van der Waals surface area (Å²) < 4.78 is 7.05. The molecule has 0 spiro atoms. The van der Waals surface area contributed by atoms with Gasteiger partial charge in [0, 0.05) is 25.4 Å². The fraction of sp³-hybridized carbons (Fsp3) is 0.583. The van der Waals surface area contributed by atoms with Gasteiger partial charge in [0.15, 0.2) is 0 Å². The van der Waals surface area contributed by atoms with Gasteiger partial charge >= 0.3 is 11.7 Å². The highest BCUT2D eigenvalue weighted by Crippen LogP contribution is 2.18. The lowest BCUT2D eigenvalue weighted by molar-refractivity contribution is -0.140. The first-order valence-corrected chi connectivity index (χ1v) is 5.64. The Labute approximate surface area is 105 Å². The zero-order valence-corrected chi connectivity index (χ0v) is 11.3. The third kappa shape index (κ3) is 2.37. The van der Waals surface area contributed by atoms with Crippen molar-refractivity contribution in [2.75, 3.05) is 7.11 Å². The number of esters is 1. The molecular weight excluding hydrogens is 236 g/mol. The number of carbonyl (C=O) groups excluding carboxylic acids is 1. The molecule has 1 unspecified atom stereocenters. The lowest BCUT2D eigenvalue weighted by atomic mass is 9.97. The second-order valence-electron chi connectivity index (χ2n) is 4.39. The molecule has 1 aromatic heterocycles. The van der Waals surface area contributed by atoms with Gasteiger partial charge in [-0.1, -0.05) is 6.92 Å². The first kappa shape index (κ1) is 14.2. The van der Waals surface area contributed by atoms with Gasteiger partial charge in [-0.3, -0.25) is 14.2 Å². The second-order valence-corrected chi connectivity index (χ2v) is 4.39. The van der Waals surface area contributed by atoms with Crippen LogP contribution in [0.5, 0.6) is 0 Å². The molecule has 0 fully saturated rings. The fourth-order valence-corrected chi connectivity index (χ4v) is 1.97. The topological polar surface area (TPSA) is 70.3 Å². The first-order valence-electron chi connectivity index (χ1n) is 5.64. The Morgan fingerprint density at radius 3 is 2.33 bits per heavy atom. The highest BCUT2D eigenvalue weighted by Gasteiger charge is 2.20. The predicted molar refractivity (Wildman–Crippen MR) is 66.7 cm³/mol. The lowest BCUT2D eigenvalue weighted by Gasteiger charge is -2.16. The zero-order valence-electron chi connectivity index (χ0n) is 11.3. The van der Waals surface area contributed by atoms with Crippen molar-refractivity contribution >= 4 is 5.97 Å². The van der Waals surface area contributed by atoms with Gasteiger partial charge in [0.05, 0.1) is 13.5 Å². The van der Waals surface area contributed by atoms with Crippen LogP contribution in [-0.2, 0) is 23.6 Å². The van der Waals surface area contributed by atoms with Crippen molar-refractivity contribution in [3.05, 3.63) is 32.1 Å². The molecule has 0 saturated heterocycles. The molecule has 0 aromatic carbocycles. The maximum atomic E-state index is 12.1. The van der Waals surface area contributed by atoms with E-state index in [0.717, 1.165) is 4.57 Å². The normalized spacial score (nSPS) is 12.3. The van der Waals surface area contributed by atoms with E-state index in [0.29, 0.717) is 11.3 Å². The van der Waals surface area contributed by atoms with Crippen LogP contribution >= 0.6 is 0 Å². The van der Waals surface area contributed by atoms with Crippen molar-refractivity contribution < 1.29 is 9.53 Å². The molecule has 18 heavy (non-hydrogen) atoms. The summed E-state index contributed by atoms with van der Waals surface area (Å²) in [5.74, 6) is -0.666. The van der Waals surface area contributed by atoms with Crippen molar-refractivity contribution in [2.24, 2.45) is 14.1 Å². The number of rotatable bonds is 3. The van der Waals surface area contributed by atoms with Crippen molar-refractivity contribution in [1.29, 1.82) is 0 Å². The minimum Gasteiger partial charge on any atom is -0.469 e. The second kappa shape index (κ2) is 5.20. The standard InChI is InChI=1S/C12H18N2O4/c1-7(6-9(15)18-5)10-8(2)13(3)12(17)14(4)11(10)16/h7H,6H2,1-5H3. The van der Waals surface area contributed by atoms with Crippen LogP contribution in [0, 0.1) is 6.92 Å². The molecule has 0 bridgehead atoms. The van der Waals surface area contributed by atoms with E-state index in [1.54, 1.807) is 20.9 Å². The molecule has 0 aliphatic heterocycles. The monoisotopic (exact) mass is 254 g/mol. The van der Waals surface area contributed by atoms with Crippen molar-refractivity contribution in [2.45, 2.75) is 26.2 Å². The molecule has 100 valence electrons. The van der Waals surface area contributed by atoms with Crippen LogP contribution < -0.4 is 11.2 Å². The van der Waals surface area contributed by atoms with E-state index in [1.807, 2.05) is 0 Å². The Balaban J connectivity index is 3.38. The molecule has 0 radical (unpaired) electrons. The molecule has 6 nitrogen and oxygen atoms in total. The van der Waals surface area contributed by atoms with Gasteiger partial charge in [0.2, 0.25) is 0 Å². The van der Waals surface area contributed by atoms with Crippen LogP contribution in [0.2, 0.25) is 0 Å². The molecule has 0 N–H and O–H groups in total. The van der Waals surface area contributed by atoms with Crippen LogP contribution in [0.4, 0.5) is 0 Å². The molecule has 1 atom stereocenters. The van der Waals surface area contributed by atoms with Gasteiger partial charge in [-0.15, -0.1) is 0 Å². The van der Waals surface area contributed by atoms with Crippen LogP contribution in [0.3, 0.4) is 0 Å². The average molecular weight is 254 g/mol. The van der Waals surface area contributed by atoms with E-state index in [4.69, 9.17) is 0 Å². The highest BCUT2D eigenvalue weighted by atomic mass is 16.5. The molecule has 1 rings (SSSR count). The number of carbonyl (C=O) groups is 1. The summed E-state index contributed by atoms with van der Waals surface area (Å²) in [5, 5.41) is 0. The van der Waals surface area contributed by atoms with Gasteiger partial charge in [-0.25, -0.2) is 4.79 Å². The molecule has 0 aliphatic carbocycles. The molecule has 0 aliphatic rings. The third-order valence-corrected chi connectivity index (χ3v) is 3.20. The quantitative estimate of drug-likeness (QED) is 0.715. The van der Waals surface area contributed by atoms with Crippen LogP contribution in [0.1, 0.15) is 30.5 Å². The predicted octanol–water partition coefficient (Wildman–Crippen LogP) is 0.0590. The van der Waals surface area contributed by atoms with E-state index in [1.165, 1.54) is 18.7 Å². The summed E-state index contributed by atoms with van der Waals surface area (Å²) in [5.41, 5.74) is 0.336. The molecule has 0 amide bonds. The van der Waals surface area contributed by atoms with E-state index in [9.17, 15) is 14.4 Å². The number of methoxy groups -OCH3 is 1. The Morgan fingerprint density at radius 1 is 1.28 bits per heavy atom. The SMILES string of the molecule is COC(=O)CC(C)c1c(C)n(C)c(=O)n(C)c1=O. The first-order chi connectivity index (χ1) is 8.31. The Bertz CT molecular complexity index is 583. The summed E-state index contributed by atoms with van der Waals surface area (Å²) in [6, 6.07) is 0. The largest absolute Gasteiger partial charge is 0.469 e. The smallest absolute Gasteiger partial charge is 0.330 e. The third-order valence-electron chi connectivity index (χ3n) is 3.20. The van der Waals surface area contributed by atoms with E-state index >= 15 is 0 Å². The van der Waals surface area contributed by atoms with Crippen LogP contribution in [-0.4, -0.2) is 22.2 Å². The van der Waals surface area contributed by atoms with E-state index < -0.39 is 0 Å². The van der Waals surface area contributed by atoms with E-state index in [-0.39, 0.29) is 29.6 Å². The average Bonchev–Trinajstić information content (AvgIpc) is 2.34. The van der Waals surface area contributed by atoms with Crippen LogP contribution in [0.25, 0.3) is 0 Å². The minimum absolute atomic E-state index is 0.116. The fourth-order valence-electron chi connectivity index (χ4n) is 1.97. The lowest BCUT2D eigenvalue weighted by Crippen LogP contribution is -2.41. The maximum absolute atomic E-state index is 12.1. The summed E-state index contributed by atoms with van der Waals surface area (Å²) in [6.45, 7) is 3.47. The molecule has 0 saturated carbocycles. The Hall–Kier alpha value is -1.85. The number of ether oxygens (including phenoxy) is 1. The Kier molecular flexibility index (Phi) is 4.11. The number of aromatic nitrogens is 2. The highest BCUT2D eigenvalue weighted by molar-refractivity contribution is 5.70.